The summed E-state index contributed by atoms with van der Waals surface area (Å²) >= 11 is 0. The van der Waals surface area contributed by atoms with Crippen LogP contribution >= 0.6 is 0 Å². The highest BCUT2D eigenvalue weighted by atomic mass is 16.5. The molecule has 1 unspecified atom stereocenters. The van der Waals surface area contributed by atoms with E-state index in [2.05, 4.69) is 15.6 Å². The van der Waals surface area contributed by atoms with Crippen molar-refractivity contribution in [3.8, 4) is 5.88 Å². The van der Waals surface area contributed by atoms with Crippen LogP contribution in [0.2, 0.25) is 0 Å². The monoisotopic (exact) mass is 265 g/mol. The molecular formula is C14H23N3O2. The predicted octanol–water partition coefficient (Wildman–Crippen LogP) is 1.48. The molecule has 2 N–H and O–H groups in total. The van der Waals surface area contributed by atoms with Gasteiger partial charge in [0, 0.05) is 18.2 Å². The predicted molar refractivity (Wildman–Crippen MR) is 75.0 cm³/mol. The van der Waals surface area contributed by atoms with E-state index in [9.17, 15) is 4.79 Å². The molecule has 1 aromatic rings. The van der Waals surface area contributed by atoms with Crippen LogP contribution in [0.25, 0.3) is 0 Å². The van der Waals surface area contributed by atoms with Gasteiger partial charge in [0.1, 0.15) is 0 Å². The summed E-state index contributed by atoms with van der Waals surface area (Å²) in [6.45, 7) is 8.24. The van der Waals surface area contributed by atoms with Crippen molar-refractivity contribution in [3.05, 3.63) is 23.9 Å². The quantitative estimate of drug-likeness (QED) is 0.846. The van der Waals surface area contributed by atoms with Crippen molar-refractivity contribution < 1.29 is 9.53 Å². The van der Waals surface area contributed by atoms with Gasteiger partial charge in [0.05, 0.1) is 18.8 Å². The van der Waals surface area contributed by atoms with Crippen LogP contribution < -0.4 is 15.4 Å². The number of carbonyl (C=O) groups excluding carboxylic acids is 1. The molecule has 0 aliphatic carbocycles. The summed E-state index contributed by atoms with van der Waals surface area (Å²) in [5.74, 6) is 0.557. The first-order valence-corrected chi connectivity index (χ1v) is 6.37. The number of nitrogens with zero attached hydrogens (tertiary/aromatic N) is 1. The summed E-state index contributed by atoms with van der Waals surface area (Å²) in [5.41, 5.74) is 0.621. The Morgan fingerprint density at radius 2 is 2.11 bits per heavy atom. The van der Waals surface area contributed by atoms with Gasteiger partial charge in [0.2, 0.25) is 11.8 Å². The van der Waals surface area contributed by atoms with Crippen molar-refractivity contribution in [1.82, 2.24) is 15.6 Å². The van der Waals surface area contributed by atoms with Crippen LogP contribution in [0.4, 0.5) is 0 Å². The highest BCUT2D eigenvalue weighted by Crippen LogP contribution is 2.06. The van der Waals surface area contributed by atoms with E-state index in [1.165, 1.54) is 0 Å². The van der Waals surface area contributed by atoms with Crippen LogP contribution in [0.5, 0.6) is 5.88 Å². The van der Waals surface area contributed by atoms with Gasteiger partial charge in [0.25, 0.3) is 0 Å². The Kier molecular flexibility index (Phi) is 5.30. The molecule has 0 aliphatic heterocycles. The summed E-state index contributed by atoms with van der Waals surface area (Å²) in [6, 6.07) is 5.29. The zero-order valence-corrected chi connectivity index (χ0v) is 12.3. The number of nitrogens with one attached hydrogen (secondary N) is 2. The molecule has 5 nitrogen and oxygen atoms in total. The Bertz CT molecular complexity index is 427. The van der Waals surface area contributed by atoms with Gasteiger partial charge in [-0.3, -0.25) is 4.79 Å². The number of hydrogen-bond donors (Lipinski definition) is 2. The Morgan fingerprint density at radius 1 is 1.42 bits per heavy atom. The summed E-state index contributed by atoms with van der Waals surface area (Å²) in [4.78, 5) is 16.2. The minimum atomic E-state index is -0.271. The van der Waals surface area contributed by atoms with Gasteiger partial charge in [-0.15, -0.1) is 0 Å². The maximum absolute atomic E-state index is 11.9. The average Bonchev–Trinajstić information content (AvgIpc) is 2.34. The molecule has 1 rings (SSSR count). The van der Waals surface area contributed by atoms with E-state index in [1.54, 1.807) is 13.2 Å². The molecule has 0 bridgehead atoms. The number of methoxy groups -OCH3 is 1. The molecular weight excluding hydrogens is 242 g/mol. The first-order chi connectivity index (χ1) is 8.81. The van der Waals surface area contributed by atoms with Crippen molar-refractivity contribution in [2.75, 3.05) is 7.11 Å². The third-order valence-electron chi connectivity index (χ3n) is 2.47. The lowest BCUT2D eigenvalue weighted by Crippen LogP contribution is -2.49. The molecule has 5 heteroatoms. The first kappa shape index (κ1) is 15.4. The lowest BCUT2D eigenvalue weighted by atomic mass is 10.1. The fraction of sp³-hybridized carbons (Fsp3) is 0.571. The molecule has 1 amide bonds. The molecule has 19 heavy (non-hydrogen) atoms. The molecule has 0 aromatic carbocycles. The molecule has 1 heterocycles. The SMILES string of the molecule is COc1cccc(CNC(C)C(=O)NC(C)(C)C)n1. The third kappa shape index (κ3) is 5.70. The third-order valence-corrected chi connectivity index (χ3v) is 2.47. The summed E-state index contributed by atoms with van der Waals surface area (Å²) in [5, 5.41) is 6.07. The van der Waals surface area contributed by atoms with Crippen LogP contribution in [0, 0.1) is 0 Å². The highest BCUT2D eigenvalue weighted by Gasteiger charge is 2.18. The maximum Gasteiger partial charge on any atom is 0.237 e. The van der Waals surface area contributed by atoms with Crippen molar-refractivity contribution in [2.45, 2.75) is 45.8 Å². The lowest BCUT2D eigenvalue weighted by Gasteiger charge is -2.23. The summed E-state index contributed by atoms with van der Waals surface area (Å²) in [7, 11) is 1.58. The normalized spacial score (nSPS) is 12.9. The first-order valence-electron chi connectivity index (χ1n) is 6.37. The van der Waals surface area contributed by atoms with Gasteiger partial charge >= 0.3 is 0 Å². The minimum Gasteiger partial charge on any atom is -0.481 e. The summed E-state index contributed by atoms with van der Waals surface area (Å²) < 4.78 is 5.06. The van der Waals surface area contributed by atoms with Gasteiger partial charge in [-0.05, 0) is 33.8 Å². The van der Waals surface area contributed by atoms with E-state index in [4.69, 9.17) is 4.74 Å². The molecule has 0 spiro atoms. The standard InChI is InChI=1S/C14H23N3O2/c1-10(13(18)17-14(2,3)4)15-9-11-7-6-8-12(16-11)19-5/h6-8,10,15H,9H2,1-5H3,(H,17,18). The topological polar surface area (TPSA) is 63.2 Å². The second-order valence-electron chi connectivity index (χ2n) is 5.51. The number of amides is 1. The Balaban J connectivity index is 2.49. The van der Waals surface area contributed by atoms with Crippen molar-refractivity contribution in [3.63, 3.8) is 0 Å². The molecule has 106 valence electrons. The Labute approximate surface area is 114 Å². The molecule has 0 saturated carbocycles. The van der Waals surface area contributed by atoms with Crippen LogP contribution in [0.3, 0.4) is 0 Å². The molecule has 1 aromatic heterocycles. The van der Waals surface area contributed by atoms with Gasteiger partial charge in [-0.25, -0.2) is 4.98 Å². The molecule has 1 atom stereocenters. The van der Waals surface area contributed by atoms with E-state index >= 15 is 0 Å². The second kappa shape index (κ2) is 6.52. The van der Waals surface area contributed by atoms with Crippen LogP contribution in [0.15, 0.2) is 18.2 Å². The van der Waals surface area contributed by atoms with Crippen LogP contribution in [0.1, 0.15) is 33.4 Å². The van der Waals surface area contributed by atoms with E-state index in [0.29, 0.717) is 12.4 Å². The lowest BCUT2D eigenvalue weighted by molar-refractivity contribution is -0.124. The number of ether oxygens (including phenoxy) is 1. The van der Waals surface area contributed by atoms with Gasteiger partial charge in [0.15, 0.2) is 0 Å². The van der Waals surface area contributed by atoms with Gasteiger partial charge < -0.3 is 15.4 Å². The largest absolute Gasteiger partial charge is 0.481 e. The van der Waals surface area contributed by atoms with E-state index in [-0.39, 0.29) is 17.5 Å². The van der Waals surface area contributed by atoms with Crippen LogP contribution in [-0.2, 0) is 11.3 Å². The van der Waals surface area contributed by atoms with E-state index in [0.717, 1.165) is 5.69 Å². The zero-order chi connectivity index (χ0) is 14.5. The molecule has 0 aliphatic rings. The molecule has 0 fully saturated rings. The minimum absolute atomic E-state index is 0.0182. The molecule has 0 saturated heterocycles. The van der Waals surface area contributed by atoms with Crippen LogP contribution in [-0.4, -0.2) is 29.6 Å². The Hall–Kier alpha value is -1.62. The van der Waals surface area contributed by atoms with Crippen molar-refractivity contribution >= 4 is 5.91 Å². The zero-order valence-electron chi connectivity index (χ0n) is 12.3. The number of pyridine rings is 1. The average molecular weight is 265 g/mol. The number of rotatable bonds is 5. The van der Waals surface area contributed by atoms with Crippen molar-refractivity contribution in [2.24, 2.45) is 0 Å². The smallest absolute Gasteiger partial charge is 0.237 e. The van der Waals surface area contributed by atoms with Gasteiger partial charge in [-0.2, -0.15) is 0 Å². The highest BCUT2D eigenvalue weighted by molar-refractivity contribution is 5.81. The fourth-order valence-electron chi connectivity index (χ4n) is 1.50. The molecule has 0 radical (unpaired) electrons. The van der Waals surface area contributed by atoms with Crippen molar-refractivity contribution in [1.29, 1.82) is 0 Å². The summed E-state index contributed by atoms with van der Waals surface area (Å²) in [6.07, 6.45) is 0. The van der Waals surface area contributed by atoms with E-state index in [1.807, 2.05) is 39.8 Å². The van der Waals surface area contributed by atoms with Gasteiger partial charge in [-0.1, -0.05) is 6.07 Å². The fourth-order valence-corrected chi connectivity index (χ4v) is 1.50. The number of aromatic nitrogens is 1. The second-order valence-corrected chi connectivity index (χ2v) is 5.51. The van der Waals surface area contributed by atoms with E-state index < -0.39 is 0 Å². The number of carbonyl (C=O) groups is 1. The number of hydrogen-bond acceptors (Lipinski definition) is 4. The maximum atomic E-state index is 11.9. The Morgan fingerprint density at radius 3 is 2.68 bits per heavy atom.